The average molecular weight is 236 g/mol. The second-order valence-electron chi connectivity index (χ2n) is 4.10. The lowest BCUT2D eigenvalue weighted by Gasteiger charge is -2.19. The van der Waals surface area contributed by atoms with Gasteiger partial charge in [0, 0.05) is 23.7 Å². The van der Waals surface area contributed by atoms with Gasteiger partial charge in [0.2, 0.25) is 0 Å². The molecule has 1 aliphatic heterocycles. The Hall–Kier alpha value is -0.670. The van der Waals surface area contributed by atoms with Crippen LogP contribution in [0.3, 0.4) is 0 Å². The van der Waals surface area contributed by atoms with Gasteiger partial charge in [0.15, 0.2) is 0 Å². The topological polar surface area (TPSA) is 29.3 Å². The van der Waals surface area contributed by atoms with Crippen molar-refractivity contribution in [2.24, 2.45) is 5.73 Å². The second kappa shape index (κ2) is 5.60. The molecule has 0 fully saturated rings. The maximum absolute atomic E-state index is 5.57. The zero-order chi connectivity index (χ0) is 11.4. The molecule has 1 aliphatic rings. The molecule has 2 rings (SSSR count). The van der Waals surface area contributed by atoms with Gasteiger partial charge in [0.1, 0.15) is 0 Å². The highest BCUT2D eigenvalue weighted by Gasteiger charge is 2.18. The van der Waals surface area contributed by atoms with E-state index in [2.05, 4.69) is 30.0 Å². The number of fused-ring (bicyclic) bond motifs is 1. The zero-order valence-electron chi connectivity index (χ0n) is 9.91. The molecule has 2 N–H and O–H groups in total. The van der Waals surface area contributed by atoms with E-state index in [0.29, 0.717) is 0 Å². The van der Waals surface area contributed by atoms with E-state index in [4.69, 9.17) is 5.73 Å². The SMILES string of the molecule is CCSc1ccc2c(c1)N(CCCN)CC2. The zero-order valence-corrected chi connectivity index (χ0v) is 10.7. The van der Waals surface area contributed by atoms with Crippen LogP contribution in [0.5, 0.6) is 0 Å². The molecule has 0 amide bonds. The molecule has 0 saturated heterocycles. The van der Waals surface area contributed by atoms with Crippen molar-refractivity contribution >= 4 is 17.4 Å². The highest BCUT2D eigenvalue weighted by atomic mass is 32.2. The molecule has 0 radical (unpaired) electrons. The molecule has 0 saturated carbocycles. The van der Waals surface area contributed by atoms with Crippen molar-refractivity contribution in [3.63, 3.8) is 0 Å². The van der Waals surface area contributed by atoms with Crippen LogP contribution in [0.1, 0.15) is 18.9 Å². The van der Waals surface area contributed by atoms with E-state index in [9.17, 15) is 0 Å². The van der Waals surface area contributed by atoms with E-state index < -0.39 is 0 Å². The fourth-order valence-electron chi connectivity index (χ4n) is 2.20. The largest absolute Gasteiger partial charge is 0.371 e. The fourth-order valence-corrected chi connectivity index (χ4v) is 2.89. The second-order valence-corrected chi connectivity index (χ2v) is 5.44. The summed E-state index contributed by atoms with van der Waals surface area (Å²) in [4.78, 5) is 3.86. The lowest BCUT2D eigenvalue weighted by atomic mass is 10.2. The van der Waals surface area contributed by atoms with Crippen molar-refractivity contribution in [1.29, 1.82) is 0 Å². The van der Waals surface area contributed by atoms with Gasteiger partial charge in [-0.1, -0.05) is 13.0 Å². The Labute approximate surface area is 102 Å². The number of rotatable bonds is 5. The third kappa shape index (κ3) is 2.53. The number of nitrogens with zero attached hydrogens (tertiary/aromatic N) is 1. The minimum Gasteiger partial charge on any atom is -0.371 e. The van der Waals surface area contributed by atoms with Gasteiger partial charge in [-0.15, -0.1) is 11.8 Å². The predicted molar refractivity (Wildman–Crippen MR) is 72.4 cm³/mol. The van der Waals surface area contributed by atoms with Crippen LogP contribution >= 0.6 is 11.8 Å². The molecular weight excluding hydrogens is 216 g/mol. The first-order valence-electron chi connectivity index (χ1n) is 6.06. The summed E-state index contributed by atoms with van der Waals surface area (Å²) in [7, 11) is 0. The molecule has 1 heterocycles. The summed E-state index contributed by atoms with van der Waals surface area (Å²) in [6.07, 6.45) is 2.28. The predicted octanol–water partition coefficient (Wildman–Crippen LogP) is 2.51. The standard InChI is InChI=1S/C13H20N2S/c1-2-16-12-5-4-11-6-9-15(8-3-7-14)13(11)10-12/h4-5,10H,2-3,6-9,14H2,1H3. The number of benzene rings is 1. The minimum atomic E-state index is 0.787. The van der Waals surface area contributed by atoms with Crippen LogP contribution in [-0.4, -0.2) is 25.4 Å². The molecule has 16 heavy (non-hydrogen) atoms. The lowest BCUT2D eigenvalue weighted by Crippen LogP contribution is -2.23. The van der Waals surface area contributed by atoms with Crippen molar-refractivity contribution in [1.82, 2.24) is 0 Å². The summed E-state index contributed by atoms with van der Waals surface area (Å²) >= 11 is 1.92. The molecule has 0 bridgehead atoms. The van der Waals surface area contributed by atoms with Crippen molar-refractivity contribution < 1.29 is 0 Å². The van der Waals surface area contributed by atoms with Gasteiger partial charge in [0.25, 0.3) is 0 Å². The van der Waals surface area contributed by atoms with E-state index >= 15 is 0 Å². The van der Waals surface area contributed by atoms with Crippen molar-refractivity contribution in [3.8, 4) is 0 Å². The molecule has 0 atom stereocenters. The van der Waals surface area contributed by atoms with Gasteiger partial charge >= 0.3 is 0 Å². The van der Waals surface area contributed by atoms with Gasteiger partial charge in [-0.05, 0) is 42.8 Å². The average Bonchev–Trinajstić information content (AvgIpc) is 2.69. The Bertz CT molecular complexity index is 352. The van der Waals surface area contributed by atoms with E-state index in [1.807, 2.05) is 11.8 Å². The summed E-state index contributed by atoms with van der Waals surface area (Å²) in [5.41, 5.74) is 8.51. The van der Waals surface area contributed by atoms with E-state index in [-0.39, 0.29) is 0 Å². The van der Waals surface area contributed by atoms with Crippen molar-refractivity contribution in [3.05, 3.63) is 23.8 Å². The molecule has 2 nitrogen and oxygen atoms in total. The van der Waals surface area contributed by atoms with Gasteiger partial charge in [-0.2, -0.15) is 0 Å². The molecule has 3 heteroatoms. The molecule has 0 aliphatic carbocycles. The summed E-state index contributed by atoms with van der Waals surface area (Å²) in [5, 5.41) is 0. The number of hydrogen-bond acceptors (Lipinski definition) is 3. The van der Waals surface area contributed by atoms with Gasteiger partial charge in [-0.3, -0.25) is 0 Å². The monoisotopic (exact) mass is 236 g/mol. The molecule has 88 valence electrons. The number of anilines is 1. The number of hydrogen-bond donors (Lipinski definition) is 1. The van der Waals surface area contributed by atoms with Crippen LogP contribution in [0.4, 0.5) is 5.69 Å². The van der Waals surface area contributed by atoms with Crippen LogP contribution < -0.4 is 10.6 Å². The Morgan fingerprint density at radius 1 is 1.44 bits per heavy atom. The number of thioether (sulfide) groups is 1. The van der Waals surface area contributed by atoms with E-state index in [1.165, 1.54) is 22.6 Å². The molecule has 1 aromatic rings. The summed E-state index contributed by atoms with van der Waals surface area (Å²) in [6, 6.07) is 6.88. The molecular formula is C13H20N2S. The highest BCUT2D eigenvalue weighted by Crippen LogP contribution is 2.32. The maximum atomic E-state index is 5.57. The molecule has 1 aromatic carbocycles. The van der Waals surface area contributed by atoms with Crippen LogP contribution in [0.15, 0.2) is 23.1 Å². The summed E-state index contributed by atoms with van der Waals surface area (Å²) in [6.45, 7) is 5.25. The Kier molecular flexibility index (Phi) is 4.13. The minimum absolute atomic E-state index is 0.787. The Morgan fingerprint density at radius 3 is 3.06 bits per heavy atom. The fraction of sp³-hybridized carbons (Fsp3) is 0.538. The highest BCUT2D eigenvalue weighted by molar-refractivity contribution is 7.99. The first-order valence-corrected chi connectivity index (χ1v) is 7.04. The molecule has 0 spiro atoms. The third-order valence-corrected chi connectivity index (χ3v) is 3.87. The molecule has 0 aromatic heterocycles. The molecule has 0 unspecified atom stereocenters. The number of nitrogens with two attached hydrogens (primary N) is 1. The summed E-state index contributed by atoms with van der Waals surface area (Å²) < 4.78 is 0. The first-order chi connectivity index (χ1) is 7.85. The van der Waals surface area contributed by atoms with Crippen molar-refractivity contribution in [2.45, 2.75) is 24.7 Å². The third-order valence-electron chi connectivity index (χ3n) is 2.99. The Morgan fingerprint density at radius 2 is 2.31 bits per heavy atom. The van der Waals surface area contributed by atoms with Gasteiger partial charge in [-0.25, -0.2) is 0 Å². The van der Waals surface area contributed by atoms with Crippen LogP contribution in [-0.2, 0) is 6.42 Å². The van der Waals surface area contributed by atoms with Crippen molar-refractivity contribution in [2.75, 3.05) is 30.3 Å². The normalized spacial score (nSPS) is 14.2. The van der Waals surface area contributed by atoms with Gasteiger partial charge < -0.3 is 10.6 Å². The van der Waals surface area contributed by atoms with Gasteiger partial charge in [0.05, 0.1) is 0 Å². The van der Waals surface area contributed by atoms with E-state index in [1.54, 1.807) is 0 Å². The lowest BCUT2D eigenvalue weighted by molar-refractivity contribution is 0.758. The van der Waals surface area contributed by atoms with Crippen LogP contribution in [0, 0.1) is 0 Å². The van der Waals surface area contributed by atoms with Crippen LogP contribution in [0.2, 0.25) is 0 Å². The van der Waals surface area contributed by atoms with Crippen LogP contribution in [0.25, 0.3) is 0 Å². The quantitative estimate of drug-likeness (QED) is 0.797. The van der Waals surface area contributed by atoms with E-state index in [0.717, 1.165) is 31.8 Å². The maximum Gasteiger partial charge on any atom is 0.0410 e. The first kappa shape index (κ1) is 11.8. The smallest absolute Gasteiger partial charge is 0.0410 e. The Balaban J connectivity index is 2.13. The summed E-state index contributed by atoms with van der Waals surface area (Å²) in [5.74, 6) is 1.14.